The molecule has 1 aliphatic heterocycles. The van der Waals surface area contributed by atoms with Crippen LogP contribution in [0.5, 0.6) is 11.6 Å². The van der Waals surface area contributed by atoms with Crippen LogP contribution in [0.4, 0.5) is 0 Å². The highest BCUT2D eigenvalue weighted by Gasteiger charge is 2.30. The van der Waals surface area contributed by atoms with Gasteiger partial charge in [0.05, 0.1) is 11.5 Å². The number of hydrogen-bond donors (Lipinski definition) is 1. The Labute approximate surface area is 189 Å². The number of benzene rings is 1. The van der Waals surface area contributed by atoms with Gasteiger partial charge in [-0.15, -0.1) is 0 Å². The lowest BCUT2D eigenvalue weighted by atomic mass is 10.1. The van der Waals surface area contributed by atoms with Crippen molar-refractivity contribution >= 4 is 27.5 Å². The minimum absolute atomic E-state index is 0.0199. The molecule has 4 rings (SSSR count). The summed E-state index contributed by atoms with van der Waals surface area (Å²) in [6.45, 7) is 1.84. The quantitative estimate of drug-likeness (QED) is 0.451. The molecule has 0 radical (unpaired) electrons. The fourth-order valence-corrected chi connectivity index (χ4v) is 5.20. The maximum Gasteiger partial charge on any atom is 0.269 e. The fraction of sp³-hybridized carbons (Fsp3) is 0.217. The zero-order chi connectivity index (χ0) is 23.6. The monoisotopic (exact) mass is 464 g/mol. The molecule has 1 N–H and O–H groups in total. The Morgan fingerprint density at radius 2 is 2.03 bits per heavy atom. The molecule has 3 aromatic rings. The van der Waals surface area contributed by atoms with Crippen LogP contribution >= 0.6 is 0 Å². The molecular formula is C23H20N4O5S. The Morgan fingerprint density at radius 1 is 1.27 bits per heavy atom. The molecule has 1 aliphatic rings. The molecule has 10 heteroatoms. The summed E-state index contributed by atoms with van der Waals surface area (Å²) in [6, 6.07) is 13.4. The summed E-state index contributed by atoms with van der Waals surface area (Å²) in [5, 5.41) is 12.2. The Kier molecular flexibility index (Phi) is 5.98. The minimum atomic E-state index is -3.21. The molecule has 0 bridgehead atoms. The number of carbonyl (C=O) groups is 1. The summed E-state index contributed by atoms with van der Waals surface area (Å²) in [5.74, 6) is -0.547. The molecule has 1 atom stereocenters. The van der Waals surface area contributed by atoms with Gasteiger partial charge in [-0.1, -0.05) is 24.3 Å². The molecule has 0 aliphatic carbocycles. The zero-order valence-electron chi connectivity index (χ0n) is 17.7. The van der Waals surface area contributed by atoms with Gasteiger partial charge in [-0.05, 0) is 43.2 Å². The number of fused-ring (bicyclic) bond motifs is 1. The van der Waals surface area contributed by atoms with E-state index >= 15 is 0 Å². The van der Waals surface area contributed by atoms with E-state index in [9.17, 15) is 23.3 Å². The molecular weight excluding hydrogens is 444 g/mol. The van der Waals surface area contributed by atoms with E-state index in [1.54, 1.807) is 36.4 Å². The highest BCUT2D eigenvalue weighted by molar-refractivity contribution is 7.91. The first kappa shape index (κ1) is 22.2. The third-order valence-corrected chi connectivity index (χ3v) is 7.02. The Bertz CT molecular complexity index is 1480. The first-order valence-corrected chi connectivity index (χ1v) is 12.0. The molecule has 0 unspecified atom stereocenters. The maximum atomic E-state index is 13.2. The van der Waals surface area contributed by atoms with Crippen LogP contribution in [0, 0.1) is 18.3 Å². The van der Waals surface area contributed by atoms with Crippen LogP contribution in [0.3, 0.4) is 0 Å². The van der Waals surface area contributed by atoms with Crippen molar-refractivity contribution in [1.29, 1.82) is 5.26 Å². The molecule has 1 saturated heterocycles. The average Bonchev–Trinajstić information content (AvgIpc) is 3.13. The van der Waals surface area contributed by atoms with E-state index in [1.165, 1.54) is 10.6 Å². The number of pyridine rings is 1. The molecule has 0 saturated carbocycles. The topological polar surface area (TPSA) is 131 Å². The van der Waals surface area contributed by atoms with Gasteiger partial charge in [-0.2, -0.15) is 10.2 Å². The molecule has 33 heavy (non-hydrogen) atoms. The predicted molar refractivity (Wildman–Crippen MR) is 122 cm³/mol. The van der Waals surface area contributed by atoms with Crippen LogP contribution in [0.1, 0.15) is 17.5 Å². The number of aromatic nitrogens is 2. The molecule has 1 fully saturated rings. The predicted octanol–water partition coefficient (Wildman–Crippen LogP) is 2.01. The average molecular weight is 465 g/mol. The van der Waals surface area contributed by atoms with Gasteiger partial charge >= 0.3 is 0 Å². The summed E-state index contributed by atoms with van der Waals surface area (Å²) >= 11 is 0. The summed E-state index contributed by atoms with van der Waals surface area (Å²) in [7, 11) is -3.21. The second-order valence-electron chi connectivity index (χ2n) is 7.68. The van der Waals surface area contributed by atoms with Crippen molar-refractivity contribution in [2.45, 2.75) is 19.4 Å². The number of rotatable bonds is 5. The SMILES string of the molecule is Cc1ccccc1Oc1nc2ccccn2c(=O)c1/C=C(\C#N)C(=O)N[C@@H]1CCS(=O)(=O)C1. The molecule has 9 nitrogen and oxygen atoms in total. The fourth-order valence-electron chi connectivity index (χ4n) is 3.52. The zero-order valence-corrected chi connectivity index (χ0v) is 18.5. The normalized spacial score (nSPS) is 17.5. The molecule has 0 spiro atoms. The van der Waals surface area contributed by atoms with Gasteiger partial charge in [-0.3, -0.25) is 14.0 Å². The van der Waals surface area contributed by atoms with Crippen LogP contribution in [-0.4, -0.2) is 41.3 Å². The van der Waals surface area contributed by atoms with Crippen LogP contribution in [0.25, 0.3) is 11.7 Å². The number of carbonyl (C=O) groups excluding carboxylic acids is 1. The van der Waals surface area contributed by atoms with E-state index in [-0.39, 0.29) is 34.9 Å². The standard InChI is InChI=1S/C23H20N4O5S/c1-15-6-2-3-7-19(15)32-22-18(23(29)27-10-5-4-8-20(27)26-22)12-16(13-24)21(28)25-17-9-11-33(30,31)14-17/h2-8,10,12,17H,9,11,14H2,1H3,(H,25,28)/b16-12+/t17-/m1/s1. The van der Waals surface area contributed by atoms with Gasteiger partial charge in [0.1, 0.15) is 28.6 Å². The highest BCUT2D eigenvalue weighted by atomic mass is 32.2. The highest BCUT2D eigenvalue weighted by Crippen LogP contribution is 2.26. The Morgan fingerprint density at radius 3 is 2.73 bits per heavy atom. The third kappa shape index (κ3) is 4.78. The second kappa shape index (κ2) is 8.88. The van der Waals surface area contributed by atoms with Gasteiger partial charge in [0, 0.05) is 12.2 Å². The molecule has 168 valence electrons. The van der Waals surface area contributed by atoms with Gasteiger partial charge in [0.25, 0.3) is 11.5 Å². The van der Waals surface area contributed by atoms with Gasteiger partial charge in [-0.25, -0.2) is 8.42 Å². The van der Waals surface area contributed by atoms with Crippen LogP contribution in [0.15, 0.2) is 59.0 Å². The number of hydrogen-bond acceptors (Lipinski definition) is 7. The molecule has 2 aromatic heterocycles. The number of nitriles is 1. The number of sulfone groups is 1. The Balaban J connectivity index is 1.77. The summed E-state index contributed by atoms with van der Waals surface area (Å²) < 4.78 is 30.5. The van der Waals surface area contributed by atoms with Crippen molar-refractivity contribution in [3.05, 3.63) is 75.7 Å². The largest absolute Gasteiger partial charge is 0.438 e. The van der Waals surface area contributed by atoms with Crippen molar-refractivity contribution in [2.75, 3.05) is 11.5 Å². The lowest BCUT2D eigenvalue weighted by molar-refractivity contribution is -0.117. The van der Waals surface area contributed by atoms with Crippen molar-refractivity contribution < 1.29 is 17.9 Å². The number of para-hydroxylation sites is 1. The van der Waals surface area contributed by atoms with Crippen molar-refractivity contribution in [1.82, 2.24) is 14.7 Å². The number of nitrogens with one attached hydrogen (secondary N) is 1. The van der Waals surface area contributed by atoms with Gasteiger partial charge in [0.15, 0.2) is 9.84 Å². The number of amides is 1. The van der Waals surface area contributed by atoms with E-state index in [0.717, 1.165) is 11.6 Å². The summed E-state index contributed by atoms with van der Waals surface area (Å²) in [5.41, 5.74) is 0.190. The van der Waals surface area contributed by atoms with Crippen LogP contribution in [0.2, 0.25) is 0 Å². The van der Waals surface area contributed by atoms with Crippen molar-refractivity contribution in [3.63, 3.8) is 0 Å². The summed E-state index contributed by atoms with van der Waals surface area (Å²) in [4.78, 5) is 30.3. The van der Waals surface area contributed by atoms with Crippen molar-refractivity contribution in [2.24, 2.45) is 0 Å². The first-order chi connectivity index (χ1) is 15.8. The third-order valence-electron chi connectivity index (χ3n) is 5.26. The number of nitrogens with zero attached hydrogens (tertiary/aromatic N) is 3. The van der Waals surface area contributed by atoms with Gasteiger partial charge < -0.3 is 10.1 Å². The van der Waals surface area contributed by atoms with E-state index < -0.39 is 27.3 Å². The number of aryl methyl sites for hydroxylation is 1. The molecule has 1 amide bonds. The van der Waals surface area contributed by atoms with Gasteiger partial charge in [0.2, 0.25) is 5.88 Å². The van der Waals surface area contributed by atoms with Crippen LogP contribution in [-0.2, 0) is 14.6 Å². The smallest absolute Gasteiger partial charge is 0.269 e. The second-order valence-corrected chi connectivity index (χ2v) is 9.90. The minimum Gasteiger partial charge on any atom is -0.438 e. The van der Waals surface area contributed by atoms with E-state index in [0.29, 0.717) is 11.4 Å². The van der Waals surface area contributed by atoms with E-state index in [1.807, 2.05) is 19.1 Å². The molecule has 3 heterocycles. The van der Waals surface area contributed by atoms with E-state index in [2.05, 4.69) is 10.3 Å². The maximum absolute atomic E-state index is 13.2. The number of ether oxygens (including phenoxy) is 1. The lowest BCUT2D eigenvalue weighted by Crippen LogP contribution is -2.36. The van der Waals surface area contributed by atoms with Crippen LogP contribution < -0.4 is 15.6 Å². The van der Waals surface area contributed by atoms with E-state index in [4.69, 9.17) is 4.74 Å². The first-order valence-electron chi connectivity index (χ1n) is 10.2. The Hall–Kier alpha value is -3.97. The summed E-state index contributed by atoms with van der Waals surface area (Å²) in [6.07, 6.45) is 2.92. The molecule has 1 aromatic carbocycles. The lowest BCUT2D eigenvalue weighted by Gasteiger charge is -2.12. The van der Waals surface area contributed by atoms with Crippen molar-refractivity contribution in [3.8, 4) is 17.7 Å².